The van der Waals surface area contributed by atoms with Crippen molar-refractivity contribution in [2.24, 2.45) is 17.8 Å². The van der Waals surface area contributed by atoms with E-state index in [1.54, 1.807) is 5.57 Å². The first-order chi connectivity index (χ1) is 13.3. The first kappa shape index (κ1) is 20.7. The van der Waals surface area contributed by atoms with Gasteiger partial charge in [0.05, 0.1) is 0 Å². The predicted octanol–water partition coefficient (Wildman–Crippen LogP) is 8.29. The number of unbranched alkanes of at least 4 members (excludes halogenated alkanes) is 2. The second kappa shape index (κ2) is 11.1. The van der Waals surface area contributed by atoms with Gasteiger partial charge in [-0.2, -0.15) is 0 Å². The van der Waals surface area contributed by atoms with Crippen LogP contribution in [0.2, 0.25) is 0 Å². The summed E-state index contributed by atoms with van der Waals surface area (Å²) < 4.78 is 0. The van der Waals surface area contributed by atoms with E-state index in [-0.39, 0.29) is 0 Å². The number of benzene rings is 1. The van der Waals surface area contributed by atoms with Gasteiger partial charge in [-0.15, -0.1) is 0 Å². The SMILES string of the molecule is CCCCCc1ccc(CCC2=CCC([C@H]3CC[C@H](CC)CC3)CC2)cc1. The maximum Gasteiger partial charge on any atom is -0.0241 e. The van der Waals surface area contributed by atoms with Gasteiger partial charge < -0.3 is 0 Å². The molecule has 0 saturated heterocycles. The summed E-state index contributed by atoms with van der Waals surface area (Å²) in [6.45, 7) is 4.66. The first-order valence-corrected chi connectivity index (χ1v) is 12.0. The van der Waals surface area contributed by atoms with E-state index in [0.717, 1.165) is 17.8 Å². The lowest BCUT2D eigenvalue weighted by Crippen LogP contribution is -2.23. The summed E-state index contributed by atoms with van der Waals surface area (Å²) >= 11 is 0. The highest BCUT2D eigenvalue weighted by atomic mass is 14.3. The monoisotopic (exact) mass is 366 g/mol. The van der Waals surface area contributed by atoms with Crippen LogP contribution in [0.25, 0.3) is 0 Å². The maximum absolute atomic E-state index is 2.62. The Labute approximate surface area is 168 Å². The molecule has 0 spiro atoms. The minimum Gasteiger partial charge on any atom is -0.0850 e. The van der Waals surface area contributed by atoms with Crippen LogP contribution in [0.4, 0.5) is 0 Å². The van der Waals surface area contributed by atoms with Crippen molar-refractivity contribution < 1.29 is 0 Å². The molecule has 1 fully saturated rings. The van der Waals surface area contributed by atoms with E-state index in [1.807, 2.05) is 0 Å². The molecule has 1 unspecified atom stereocenters. The van der Waals surface area contributed by atoms with Crippen molar-refractivity contribution in [3.05, 3.63) is 47.0 Å². The number of aryl methyl sites for hydroxylation is 2. The lowest BCUT2D eigenvalue weighted by molar-refractivity contribution is 0.189. The molecule has 0 radical (unpaired) electrons. The fourth-order valence-corrected chi connectivity index (χ4v) is 5.39. The number of hydrogen-bond donors (Lipinski definition) is 0. The highest BCUT2D eigenvalue weighted by Gasteiger charge is 2.27. The molecule has 2 aliphatic rings. The highest BCUT2D eigenvalue weighted by Crippen LogP contribution is 2.40. The first-order valence-electron chi connectivity index (χ1n) is 12.0. The van der Waals surface area contributed by atoms with Crippen LogP contribution in [0.1, 0.15) is 102 Å². The number of rotatable bonds is 9. The van der Waals surface area contributed by atoms with Crippen LogP contribution in [0.3, 0.4) is 0 Å². The van der Waals surface area contributed by atoms with Crippen LogP contribution in [0, 0.1) is 17.8 Å². The van der Waals surface area contributed by atoms with Crippen LogP contribution in [0.15, 0.2) is 35.9 Å². The second-order valence-electron chi connectivity index (χ2n) is 9.36. The standard InChI is InChI=1S/C27H42/c1-3-5-6-7-23-8-10-24(11-9-23)12-13-25-16-20-27(21-17-25)26-18-14-22(4-2)15-19-26/h8-11,16,22,26-27H,3-7,12-15,17-21H2,1-2H3/t22-,26-,27?. The average Bonchev–Trinajstić information content (AvgIpc) is 2.74. The molecule has 0 bridgehead atoms. The summed E-state index contributed by atoms with van der Waals surface area (Å²) in [6.07, 6.45) is 22.0. The van der Waals surface area contributed by atoms with Gasteiger partial charge in [0.1, 0.15) is 0 Å². The third-order valence-corrected chi connectivity index (χ3v) is 7.51. The topological polar surface area (TPSA) is 0 Å². The summed E-state index contributed by atoms with van der Waals surface area (Å²) in [5.74, 6) is 3.06. The molecule has 0 heteroatoms. The molecule has 0 nitrogen and oxygen atoms in total. The van der Waals surface area contributed by atoms with E-state index in [1.165, 1.54) is 101 Å². The van der Waals surface area contributed by atoms with Gasteiger partial charge in [0.2, 0.25) is 0 Å². The molecular weight excluding hydrogens is 324 g/mol. The zero-order valence-electron chi connectivity index (χ0n) is 18.0. The Morgan fingerprint density at radius 2 is 1.44 bits per heavy atom. The molecule has 1 atom stereocenters. The van der Waals surface area contributed by atoms with Gasteiger partial charge in [0, 0.05) is 0 Å². The quantitative estimate of drug-likeness (QED) is 0.304. The Kier molecular flexibility index (Phi) is 8.49. The van der Waals surface area contributed by atoms with Crippen LogP contribution in [-0.2, 0) is 12.8 Å². The molecule has 1 aromatic rings. The lowest BCUT2D eigenvalue weighted by atomic mass is 9.71. The summed E-state index contributed by atoms with van der Waals surface area (Å²) in [4.78, 5) is 0. The third-order valence-electron chi connectivity index (χ3n) is 7.51. The summed E-state index contributed by atoms with van der Waals surface area (Å²) in [5, 5.41) is 0. The zero-order valence-corrected chi connectivity index (χ0v) is 18.0. The Morgan fingerprint density at radius 1 is 0.741 bits per heavy atom. The van der Waals surface area contributed by atoms with Crippen molar-refractivity contribution in [2.45, 2.75) is 104 Å². The van der Waals surface area contributed by atoms with Gasteiger partial charge in [-0.1, -0.05) is 81.9 Å². The van der Waals surface area contributed by atoms with Gasteiger partial charge in [-0.3, -0.25) is 0 Å². The van der Waals surface area contributed by atoms with Crippen molar-refractivity contribution in [1.29, 1.82) is 0 Å². The van der Waals surface area contributed by atoms with E-state index in [0.29, 0.717) is 0 Å². The van der Waals surface area contributed by atoms with Gasteiger partial charge in [0.25, 0.3) is 0 Å². The lowest BCUT2D eigenvalue weighted by Gasteiger charge is -2.35. The highest BCUT2D eigenvalue weighted by molar-refractivity contribution is 5.24. The fraction of sp³-hybridized carbons (Fsp3) is 0.704. The minimum atomic E-state index is 0.994. The maximum atomic E-state index is 2.62. The minimum absolute atomic E-state index is 0.994. The Bertz CT molecular complexity index is 556. The number of hydrogen-bond acceptors (Lipinski definition) is 0. The summed E-state index contributed by atoms with van der Waals surface area (Å²) in [6, 6.07) is 9.48. The second-order valence-corrected chi connectivity index (χ2v) is 9.36. The van der Waals surface area contributed by atoms with Crippen molar-refractivity contribution in [3.63, 3.8) is 0 Å². The Balaban J connectivity index is 1.39. The van der Waals surface area contributed by atoms with Gasteiger partial charge in [-0.25, -0.2) is 0 Å². The molecule has 1 saturated carbocycles. The van der Waals surface area contributed by atoms with Crippen LogP contribution >= 0.6 is 0 Å². The number of allylic oxidation sites excluding steroid dienone is 2. The van der Waals surface area contributed by atoms with E-state index >= 15 is 0 Å². The smallest absolute Gasteiger partial charge is 0.0241 e. The molecule has 0 aromatic heterocycles. The van der Waals surface area contributed by atoms with E-state index in [4.69, 9.17) is 0 Å². The molecule has 0 amide bonds. The molecule has 150 valence electrons. The summed E-state index contributed by atoms with van der Waals surface area (Å²) in [5.41, 5.74) is 4.78. The van der Waals surface area contributed by atoms with E-state index in [9.17, 15) is 0 Å². The van der Waals surface area contributed by atoms with Gasteiger partial charge in [0.15, 0.2) is 0 Å². The zero-order chi connectivity index (χ0) is 18.9. The third kappa shape index (κ3) is 6.51. The Morgan fingerprint density at radius 3 is 2.04 bits per heavy atom. The van der Waals surface area contributed by atoms with Crippen molar-refractivity contribution in [1.82, 2.24) is 0 Å². The summed E-state index contributed by atoms with van der Waals surface area (Å²) in [7, 11) is 0. The van der Waals surface area contributed by atoms with E-state index in [2.05, 4.69) is 44.2 Å². The van der Waals surface area contributed by atoms with Crippen molar-refractivity contribution in [3.8, 4) is 0 Å². The molecule has 0 N–H and O–H groups in total. The van der Waals surface area contributed by atoms with Crippen molar-refractivity contribution in [2.75, 3.05) is 0 Å². The van der Waals surface area contributed by atoms with Crippen LogP contribution < -0.4 is 0 Å². The molecule has 0 heterocycles. The largest absolute Gasteiger partial charge is 0.0850 e. The average molecular weight is 367 g/mol. The van der Waals surface area contributed by atoms with Crippen LogP contribution in [0.5, 0.6) is 0 Å². The van der Waals surface area contributed by atoms with E-state index < -0.39 is 0 Å². The Hall–Kier alpha value is -1.04. The predicted molar refractivity (Wildman–Crippen MR) is 119 cm³/mol. The van der Waals surface area contributed by atoms with Crippen molar-refractivity contribution >= 4 is 0 Å². The molecule has 27 heavy (non-hydrogen) atoms. The van der Waals surface area contributed by atoms with Gasteiger partial charge in [-0.05, 0) is 86.7 Å². The molecule has 1 aromatic carbocycles. The normalized spacial score (nSPS) is 26.0. The molecule has 0 aliphatic heterocycles. The molecule has 3 rings (SSSR count). The fourth-order valence-electron chi connectivity index (χ4n) is 5.39. The molecular formula is C27H42. The van der Waals surface area contributed by atoms with Crippen LogP contribution in [-0.4, -0.2) is 0 Å². The van der Waals surface area contributed by atoms with Gasteiger partial charge >= 0.3 is 0 Å². The molecule has 2 aliphatic carbocycles.